The van der Waals surface area contributed by atoms with Crippen molar-refractivity contribution < 1.29 is 4.79 Å². The van der Waals surface area contributed by atoms with Crippen LogP contribution in [0.4, 0.5) is 0 Å². The van der Waals surface area contributed by atoms with E-state index in [1.54, 1.807) is 19.1 Å². The monoisotopic (exact) mass is 323 g/mol. The number of nitrogens with one attached hydrogen (secondary N) is 1. The maximum atomic E-state index is 12.8. The number of H-pyrrole nitrogens is 1. The van der Waals surface area contributed by atoms with E-state index in [-0.39, 0.29) is 11.8 Å². The lowest BCUT2D eigenvalue weighted by Gasteiger charge is -2.31. The molecule has 0 aromatic carbocycles. The number of aryl methyl sites for hydroxylation is 3. The van der Waals surface area contributed by atoms with Crippen molar-refractivity contribution in [2.45, 2.75) is 39.5 Å². The molecule has 1 saturated heterocycles. The van der Waals surface area contributed by atoms with Gasteiger partial charge in [-0.05, 0) is 45.7 Å². The van der Waals surface area contributed by atoms with Crippen molar-refractivity contribution in [3.05, 3.63) is 46.3 Å². The number of nitriles is 1. The zero-order valence-electron chi connectivity index (χ0n) is 14.3. The minimum absolute atomic E-state index is 0.0766. The molecule has 2 aromatic rings. The third-order valence-corrected chi connectivity index (χ3v) is 4.67. The summed E-state index contributed by atoms with van der Waals surface area (Å²) in [6, 6.07) is 5.38. The number of carbonyl (C=O) groups excluding carboxylic acids is 1. The number of piperidine rings is 1. The average molecular weight is 323 g/mol. The largest absolute Gasteiger partial charge is 0.346 e. The van der Waals surface area contributed by atoms with Crippen molar-refractivity contribution in [2.24, 2.45) is 0 Å². The van der Waals surface area contributed by atoms with Gasteiger partial charge in [-0.25, -0.2) is 9.97 Å². The van der Waals surface area contributed by atoms with Crippen molar-refractivity contribution >= 4 is 5.91 Å². The first-order valence-corrected chi connectivity index (χ1v) is 8.19. The van der Waals surface area contributed by atoms with Gasteiger partial charge < -0.3 is 9.88 Å². The molecule has 0 bridgehead atoms. The summed E-state index contributed by atoms with van der Waals surface area (Å²) in [5.41, 5.74) is 3.59. The number of aromatic amines is 1. The van der Waals surface area contributed by atoms with Crippen LogP contribution in [0.1, 0.15) is 57.7 Å². The van der Waals surface area contributed by atoms with E-state index in [1.165, 1.54) is 0 Å². The number of likely N-dealkylation sites (tertiary alicyclic amines) is 1. The first-order chi connectivity index (χ1) is 11.5. The van der Waals surface area contributed by atoms with Gasteiger partial charge in [0.15, 0.2) is 0 Å². The Balaban J connectivity index is 1.78. The third-order valence-electron chi connectivity index (χ3n) is 4.67. The summed E-state index contributed by atoms with van der Waals surface area (Å²) in [5.74, 6) is 1.12. The van der Waals surface area contributed by atoms with Gasteiger partial charge in [-0.2, -0.15) is 5.26 Å². The minimum atomic E-state index is -0.0766. The zero-order valence-corrected chi connectivity index (χ0v) is 14.3. The minimum Gasteiger partial charge on any atom is -0.346 e. The maximum absolute atomic E-state index is 12.8. The van der Waals surface area contributed by atoms with E-state index < -0.39 is 0 Å². The summed E-state index contributed by atoms with van der Waals surface area (Å²) in [4.78, 5) is 26.8. The number of hydrogen-bond donors (Lipinski definition) is 1. The van der Waals surface area contributed by atoms with Crippen LogP contribution >= 0.6 is 0 Å². The van der Waals surface area contributed by atoms with Crippen LogP contribution in [-0.4, -0.2) is 38.8 Å². The highest BCUT2D eigenvalue weighted by Crippen LogP contribution is 2.26. The van der Waals surface area contributed by atoms with E-state index in [1.807, 2.05) is 18.7 Å². The third kappa shape index (κ3) is 3.02. The van der Waals surface area contributed by atoms with Gasteiger partial charge in [-0.1, -0.05) is 0 Å². The molecule has 1 amide bonds. The molecule has 0 radical (unpaired) electrons. The number of aromatic nitrogens is 3. The number of nitrogens with zero attached hydrogens (tertiary/aromatic N) is 4. The lowest BCUT2D eigenvalue weighted by molar-refractivity contribution is 0.0698. The van der Waals surface area contributed by atoms with Crippen LogP contribution in [0.2, 0.25) is 0 Å². The quantitative estimate of drug-likeness (QED) is 0.920. The van der Waals surface area contributed by atoms with Crippen LogP contribution < -0.4 is 0 Å². The van der Waals surface area contributed by atoms with Crippen LogP contribution in [0.5, 0.6) is 0 Å². The van der Waals surface area contributed by atoms with E-state index in [2.05, 4.69) is 21.0 Å². The molecule has 1 unspecified atom stereocenters. The highest BCUT2D eigenvalue weighted by molar-refractivity contribution is 5.92. The molecule has 0 aliphatic carbocycles. The second-order valence-electron chi connectivity index (χ2n) is 6.36. The van der Waals surface area contributed by atoms with Crippen LogP contribution in [0, 0.1) is 32.1 Å². The van der Waals surface area contributed by atoms with E-state index in [0.717, 1.165) is 36.6 Å². The molecule has 2 aromatic heterocycles. The molecule has 24 heavy (non-hydrogen) atoms. The first kappa shape index (κ1) is 16.2. The molecular weight excluding hydrogens is 302 g/mol. The van der Waals surface area contributed by atoms with Crippen LogP contribution in [-0.2, 0) is 0 Å². The van der Waals surface area contributed by atoms with Gasteiger partial charge in [0.1, 0.15) is 17.6 Å². The number of amides is 1. The molecule has 6 heteroatoms. The lowest BCUT2D eigenvalue weighted by Crippen LogP contribution is -2.39. The molecule has 0 saturated carbocycles. The van der Waals surface area contributed by atoms with Gasteiger partial charge in [-0.15, -0.1) is 0 Å². The van der Waals surface area contributed by atoms with Crippen molar-refractivity contribution in [3.8, 4) is 6.07 Å². The molecule has 3 rings (SSSR count). The molecule has 3 heterocycles. The van der Waals surface area contributed by atoms with E-state index in [9.17, 15) is 4.79 Å². The molecule has 0 spiro atoms. The number of rotatable bonds is 2. The summed E-state index contributed by atoms with van der Waals surface area (Å²) in [6.07, 6.45) is 1.97. The van der Waals surface area contributed by atoms with E-state index in [0.29, 0.717) is 23.5 Å². The van der Waals surface area contributed by atoms with Crippen LogP contribution in [0.15, 0.2) is 12.1 Å². The fourth-order valence-corrected chi connectivity index (χ4v) is 3.11. The molecule has 1 fully saturated rings. The van der Waals surface area contributed by atoms with Gasteiger partial charge in [0.05, 0.1) is 17.0 Å². The summed E-state index contributed by atoms with van der Waals surface area (Å²) in [5, 5.41) is 8.99. The second-order valence-corrected chi connectivity index (χ2v) is 6.36. The predicted molar refractivity (Wildman–Crippen MR) is 89.6 cm³/mol. The molecule has 1 atom stereocenters. The first-order valence-electron chi connectivity index (χ1n) is 8.19. The fourth-order valence-electron chi connectivity index (χ4n) is 3.11. The Labute approximate surface area is 141 Å². The van der Waals surface area contributed by atoms with Gasteiger partial charge >= 0.3 is 0 Å². The molecule has 1 aliphatic rings. The van der Waals surface area contributed by atoms with Crippen LogP contribution in [0.25, 0.3) is 0 Å². The number of carbonyl (C=O) groups is 1. The maximum Gasteiger partial charge on any atom is 0.272 e. The predicted octanol–water partition coefficient (Wildman–Crippen LogP) is 2.62. The molecule has 6 nitrogen and oxygen atoms in total. The highest BCUT2D eigenvalue weighted by atomic mass is 16.2. The van der Waals surface area contributed by atoms with Crippen molar-refractivity contribution in [1.82, 2.24) is 19.9 Å². The SMILES string of the molecule is Cc1nc(C(=O)N2CCCC(c3nc(C)c(C)[nH]3)C2)ccc1C#N. The molecule has 124 valence electrons. The second kappa shape index (κ2) is 6.44. The summed E-state index contributed by atoms with van der Waals surface area (Å²) in [6.45, 7) is 7.13. The number of pyridine rings is 1. The Hall–Kier alpha value is -2.68. The standard InChI is InChI=1S/C18H21N5O/c1-11-12(2)22-17(21-11)15-5-4-8-23(10-15)18(24)16-7-6-14(9-19)13(3)20-16/h6-7,15H,4-5,8,10H2,1-3H3,(H,21,22). The van der Waals surface area contributed by atoms with Crippen LogP contribution in [0.3, 0.4) is 0 Å². The molecule has 1 aliphatic heterocycles. The Kier molecular flexibility index (Phi) is 4.34. The van der Waals surface area contributed by atoms with Gasteiger partial charge in [-0.3, -0.25) is 4.79 Å². The molecular formula is C18H21N5O. The Morgan fingerprint density at radius 3 is 2.71 bits per heavy atom. The number of hydrogen-bond acceptors (Lipinski definition) is 4. The summed E-state index contributed by atoms with van der Waals surface area (Å²) >= 11 is 0. The number of imidazole rings is 1. The smallest absolute Gasteiger partial charge is 0.272 e. The Bertz CT molecular complexity index is 798. The summed E-state index contributed by atoms with van der Waals surface area (Å²) < 4.78 is 0. The topological polar surface area (TPSA) is 85.7 Å². The fraction of sp³-hybridized carbons (Fsp3) is 0.444. The normalized spacial score (nSPS) is 17.6. The van der Waals surface area contributed by atoms with Gasteiger partial charge in [0.25, 0.3) is 5.91 Å². The zero-order chi connectivity index (χ0) is 17.3. The van der Waals surface area contributed by atoms with Crippen molar-refractivity contribution in [1.29, 1.82) is 5.26 Å². The Morgan fingerprint density at radius 2 is 2.08 bits per heavy atom. The van der Waals surface area contributed by atoms with Crippen molar-refractivity contribution in [3.63, 3.8) is 0 Å². The van der Waals surface area contributed by atoms with Gasteiger partial charge in [0.2, 0.25) is 0 Å². The lowest BCUT2D eigenvalue weighted by atomic mass is 9.97. The van der Waals surface area contributed by atoms with E-state index in [4.69, 9.17) is 5.26 Å². The summed E-state index contributed by atoms with van der Waals surface area (Å²) in [7, 11) is 0. The average Bonchev–Trinajstić information content (AvgIpc) is 2.93. The highest BCUT2D eigenvalue weighted by Gasteiger charge is 2.28. The Morgan fingerprint density at radius 1 is 1.29 bits per heavy atom. The van der Waals surface area contributed by atoms with E-state index >= 15 is 0 Å². The molecule has 1 N–H and O–H groups in total. The van der Waals surface area contributed by atoms with Crippen molar-refractivity contribution in [2.75, 3.05) is 13.1 Å². The van der Waals surface area contributed by atoms with Gasteiger partial charge in [0, 0.05) is 24.7 Å².